The van der Waals surface area contributed by atoms with Gasteiger partial charge in [0.15, 0.2) is 5.96 Å². The van der Waals surface area contributed by atoms with Crippen molar-refractivity contribution in [2.45, 2.75) is 25.4 Å². The third-order valence-electron chi connectivity index (χ3n) is 4.28. The fraction of sp³-hybridized carbons (Fsp3) is 0.600. The summed E-state index contributed by atoms with van der Waals surface area (Å²) < 4.78 is 11.1. The van der Waals surface area contributed by atoms with E-state index in [9.17, 15) is 4.79 Å². The van der Waals surface area contributed by atoms with Gasteiger partial charge in [0, 0.05) is 40.4 Å². The van der Waals surface area contributed by atoms with Crippen molar-refractivity contribution in [2.75, 3.05) is 53.6 Å². The summed E-state index contributed by atoms with van der Waals surface area (Å²) in [6.07, 6.45) is 2.99. The van der Waals surface area contributed by atoms with Gasteiger partial charge in [-0.1, -0.05) is 30.3 Å². The van der Waals surface area contributed by atoms with Crippen LogP contribution in [0.15, 0.2) is 35.3 Å². The Bertz CT molecular complexity index is 572. The minimum atomic E-state index is -0.0243. The molecule has 1 unspecified atom stereocenters. The molecule has 0 saturated carbocycles. The van der Waals surface area contributed by atoms with Gasteiger partial charge in [-0.05, 0) is 24.8 Å². The van der Waals surface area contributed by atoms with Crippen LogP contribution in [-0.2, 0) is 20.7 Å². The fourth-order valence-corrected chi connectivity index (χ4v) is 2.61. The number of benzene rings is 1. The summed E-state index contributed by atoms with van der Waals surface area (Å²) in [4.78, 5) is 17.7. The van der Waals surface area contributed by atoms with Crippen molar-refractivity contribution in [1.29, 1.82) is 0 Å². The Labute approximate surface area is 162 Å². The van der Waals surface area contributed by atoms with E-state index in [-0.39, 0.29) is 18.6 Å². The lowest BCUT2D eigenvalue weighted by atomic mass is 10.1. The highest BCUT2D eigenvalue weighted by atomic mass is 16.5. The first kappa shape index (κ1) is 21.2. The van der Waals surface area contributed by atoms with Gasteiger partial charge in [-0.3, -0.25) is 4.79 Å². The number of carbonyl (C=O) groups is 1. The second-order valence-corrected chi connectivity index (χ2v) is 6.75. The fourth-order valence-electron chi connectivity index (χ4n) is 2.61. The Balaban J connectivity index is 1.72. The van der Waals surface area contributed by atoms with Crippen LogP contribution in [0.25, 0.3) is 0 Å². The Kier molecular flexibility index (Phi) is 9.65. The van der Waals surface area contributed by atoms with Gasteiger partial charge in [0.2, 0.25) is 5.91 Å². The van der Waals surface area contributed by atoms with Crippen LogP contribution in [0.5, 0.6) is 0 Å². The Morgan fingerprint density at radius 1 is 1.26 bits per heavy atom. The lowest BCUT2D eigenvalue weighted by Gasteiger charge is -2.14. The molecule has 1 aliphatic heterocycles. The van der Waals surface area contributed by atoms with Crippen LogP contribution in [0, 0.1) is 0 Å². The molecule has 1 atom stereocenters. The Morgan fingerprint density at radius 2 is 2.04 bits per heavy atom. The molecule has 1 heterocycles. The van der Waals surface area contributed by atoms with Crippen molar-refractivity contribution in [3.05, 3.63) is 35.9 Å². The van der Waals surface area contributed by atoms with Crippen molar-refractivity contribution < 1.29 is 14.3 Å². The summed E-state index contributed by atoms with van der Waals surface area (Å²) in [7, 11) is 3.47. The van der Waals surface area contributed by atoms with E-state index < -0.39 is 0 Å². The van der Waals surface area contributed by atoms with E-state index in [0.29, 0.717) is 19.2 Å². The largest absolute Gasteiger partial charge is 0.379 e. The average molecular weight is 377 g/mol. The highest BCUT2D eigenvalue weighted by molar-refractivity contribution is 5.84. The van der Waals surface area contributed by atoms with Crippen LogP contribution in [0.4, 0.5) is 0 Å². The third-order valence-corrected chi connectivity index (χ3v) is 4.28. The van der Waals surface area contributed by atoms with Crippen molar-refractivity contribution in [2.24, 2.45) is 4.99 Å². The number of hydrogen-bond donors (Lipinski definition) is 2. The molecular weight excluding hydrogens is 344 g/mol. The molecule has 1 aromatic rings. The maximum atomic E-state index is 11.8. The topological polar surface area (TPSA) is 75.2 Å². The average Bonchev–Trinajstić information content (AvgIpc) is 3.19. The van der Waals surface area contributed by atoms with Gasteiger partial charge in [0.05, 0.1) is 12.7 Å². The number of guanidine groups is 1. The number of nitrogens with one attached hydrogen (secondary N) is 2. The zero-order valence-electron chi connectivity index (χ0n) is 16.4. The molecule has 0 aliphatic carbocycles. The summed E-state index contributed by atoms with van der Waals surface area (Å²) in [5, 5.41) is 6.58. The van der Waals surface area contributed by atoms with Gasteiger partial charge >= 0.3 is 0 Å². The predicted octanol–water partition coefficient (Wildman–Crippen LogP) is 1.05. The highest BCUT2D eigenvalue weighted by Crippen LogP contribution is 2.07. The van der Waals surface area contributed by atoms with Crippen LogP contribution in [0.3, 0.4) is 0 Å². The van der Waals surface area contributed by atoms with Gasteiger partial charge in [-0.2, -0.15) is 0 Å². The molecule has 7 heteroatoms. The molecule has 0 spiro atoms. The molecule has 1 aromatic carbocycles. The molecule has 1 amide bonds. The maximum Gasteiger partial charge on any atom is 0.243 e. The second kappa shape index (κ2) is 12.3. The van der Waals surface area contributed by atoms with E-state index in [0.717, 1.165) is 39.0 Å². The Morgan fingerprint density at radius 3 is 2.74 bits per heavy atom. The number of rotatable bonds is 10. The molecule has 2 N–H and O–H groups in total. The third kappa shape index (κ3) is 8.88. The van der Waals surface area contributed by atoms with E-state index in [4.69, 9.17) is 9.47 Å². The number of amides is 1. The summed E-state index contributed by atoms with van der Waals surface area (Å²) >= 11 is 0. The monoisotopic (exact) mass is 376 g/mol. The van der Waals surface area contributed by atoms with Crippen LogP contribution in [-0.4, -0.2) is 76.4 Å². The van der Waals surface area contributed by atoms with Crippen molar-refractivity contribution >= 4 is 11.9 Å². The van der Waals surface area contributed by atoms with E-state index in [2.05, 4.69) is 27.8 Å². The molecule has 1 fully saturated rings. The first-order chi connectivity index (χ1) is 13.1. The van der Waals surface area contributed by atoms with Gasteiger partial charge in [0.25, 0.3) is 0 Å². The van der Waals surface area contributed by atoms with Crippen LogP contribution >= 0.6 is 0 Å². The van der Waals surface area contributed by atoms with Crippen molar-refractivity contribution in [1.82, 2.24) is 15.5 Å². The van der Waals surface area contributed by atoms with Gasteiger partial charge < -0.3 is 25.0 Å². The van der Waals surface area contributed by atoms with Crippen LogP contribution < -0.4 is 10.6 Å². The van der Waals surface area contributed by atoms with E-state index in [1.54, 1.807) is 19.0 Å². The van der Waals surface area contributed by atoms with Crippen molar-refractivity contribution in [3.63, 3.8) is 0 Å². The number of aliphatic imine (C=N–C) groups is 1. The lowest BCUT2D eigenvalue weighted by Crippen LogP contribution is -2.40. The van der Waals surface area contributed by atoms with Crippen LogP contribution in [0.2, 0.25) is 0 Å². The minimum absolute atomic E-state index is 0.0243. The Hall–Kier alpha value is -2.12. The summed E-state index contributed by atoms with van der Waals surface area (Å²) in [6, 6.07) is 10.3. The SMILES string of the molecule is CN(C)C(=O)CN=C(NCCCOC1CCOC1)NCCc1ccccc1. The number of ether oxygens (including phenoxy) is 2. The van der Waals surface area contributed by atoms with Gasteiger partial charge in [-0.15, -0.1) is 0 Å². The summed E-state index contributed by atoms with van der Waals surface area (Å²) in [5.74, 6) is 0.633. The molecule has 0 radical (unpaired) electrons. The zero-order chi connectivity index (χ0) is 19.3. The molecular formula is C20H32N4O3. The molecule has 150 valence electrons. The lowest BCUT2D eigenvalue weighted by molar-refractivity contribution is -0.127. The first-order valence-electron chi connectivity index (χ1n) is 9.61. The minimum Gasteiger partial charge on any atom is -0.379 e. The van der Waals surface area contributed by atoms with Crippen molar-refractivity contribution in [3.8, 4) is 0 Å². The number of carbonyl (C=O) groups excluding carboxylic acids is 1. The van der Waals surface area contributed by atoms with E-state index >= 15 is 0 Å². The molecule has 0 bridgehead atoms. The van der Waals surface area contributed by atoms with E-state index in [1.807, 2.05) is 18.2 Å². The number of likely N-dealkylation sites (N-methyl/N-ethyl adjacent to an activating group) is 1. The summed E-state index contributed by atoms with van der Waals surface area (Å²) in [5.41, 5.74) is 1.26. The van der Waals surface area contributed by atoms with Gasteiger partial charge in [-0.25, -0.2) is 4.99 Å². The molecule has 1 aliphatic rings. The van der Waals surface area contributed by atoms with E-state index in [1.165, 1.54) is 5.56 Å². The highest BCUT2D eigenvalue weighted by Gasteiger charge is 2.15. The van der Waals surface area contributed by atoms with Gasteiger partial charge in [0.1, 0.15) is 6.54 Å². The maximum absolute atomic E-state index is 11.8. The van der Waals surface area contributed by atoms with Crippen LogP contribution in [0.1, 0.15) is 18.4 Å². The number of nitrogens with zero attached hydrogens (tertiary/aromatic N) is 2. The number of hydrogen-bond acceptors (Lipinski definition) is 4. The molecule has 2 rings (SSSR count). The molecule has 27 heavy (non-hydrogen) atoms. The normalized spacial score (nSPS) is 17.0. The smallest absolute Gasteiger partial charge is 0.243 e. The molecule has 0 aromatic heterocycles. The quantitative estimate of drug-likeness (QED) is 0.363. The molecule has 7 nitrogen and oxygen atoms in total. The predicted molar refractivity (Wildman–Crippen MR) is 107 cm³/mol. The standard InChI is InChI=1S/C20H32N4O3/c1-24(2)19(25)15-23-20(22-12-9-17-7-4-3-5-8-17)21-11-6-13-27-18-10-14-26-16-18/h3-5,7-8,18H,6,9-16H2,1-2H3,(H2,21,22,23). The zero-order valence-corrected chi connectivity index (χ0v) is 16.4. The second-order valence-electron chi connectivity index (χ2n) is 6.75. The summed E-state index contributed by atoms with van der Waals surface area (Å²) in [6.45, 7) is 3.81. The molecule has 1 saturated heterocycles. The first-order valence-corrected chi connectivity index (χ1v) is 9.61.